The molecule has 7 nitrogen and oxygen atoms in total. The van der Waals surface area contributed by atoms with Crippen LogP contribution >= 0.6 is 23.2 Å². The second-order valence-corrected chi connectivity index (χ2v) is 6.63. The van der Waals surface area contributed by atoms with E-state index in [1.807, 2.05) is 13.8 Å². The monoisotopic (exact) mass is 390 g/mol. The second-order valence-electron chi connectivity index (χ2n) is 5.76. The number of benzene rings is 1. The molecule has 0 aliphatic heterocycles. The van der Waals surface area contributed by atoms with Crippen LogP contribution in [0.15, 0.2) is 18.2 Å². The molecule has 138 valence electrons. The lowest BCUT2D eigenvalue weighted by Crippen LogP contribution is -2.46. The third-order valence-electron chi connectivity index (χ3n) is 2.99. The van der Waals surface area contributed by atoms with Crippen LogP contribution in [-0.4, -0.2) is 42.1 Å². The normalized spacial score (nSPS) is 11.7. The highest BCUT2D eigenvalue weighted by Crippen LogP contribution is 2.23. The molecule has 0 saturated carbocycles. The Kier molecular flexibility index (Phi) is 8.51. The van der Waals surface area contributed by atoms with Crippen molar-refractivity contribution < 1.29 is 24.2 Å². The molecule has 9 heteroatoms. The number of hydrogen-bond acceptors (Lipinski definition) is 4. The number of aliphatic carboxylic acids is 1. The van der Waals surface area contributed by atoms with E-state index in [1.54, 1.807) is 0 Å². The SMILES string of the molecule is CC(C)C[C@H](NC(=O)CNC(=O)COc1cc(Cl)cc(Cl)c1)C(=O)O. The van der Waals surface area contributed by atoms with E-state index in [1.165, 1.54) is 18.2 Å². The highest BCUT2D eigenvalue weighted by atomic mass is 35.5. The molecule has 1 rings (SSSR count). The van der Waals surface area contributed by atoms with E-state index in [-0.39, 0.29) is 19.1 Å². The van der Waals surface area contributed by atoms with E-state index in [2.05, 4.69) is 10.6 Å². The van der Waals surface area contributed by atoms with Gasteiger partial charge in [0.15, 0.2) is 6.61 Å². The number of hydrogen-bond donors (Lipinski definition) is 3. The van der Waals surface area contributed by atoms with Gasteiger partial charge < -0.3 is 20.5 Å². The van der Waals surface area contributed by atoms with Gasteiger partial charge in [-0.1, -0.05) is 37.0 Å². The van der Waals surface area contributed by atoms with E-state index < -0.39 is 23.8 Å². The molecular formula is C16H20Cl2N2O5. The summed E-state index contributed by atoms with van der Waals surface area (Å²) in [7, 11) is 0. The van der Waals surface area contributed by atoms with Crippen molar-refractivity contribution in [3.05, 3.63) is 28.2 Å². The molecule has 0 heterocycles. The first kappa shape index (κ1) is 21.1. The van der Waals surface area contributed by atoms with Crippen LogP contribution in [0.25, 0.3) is 0 Å². The molecule has 3 N–H and O–H groups in total. The molecule has 0 aliphatic rings. The summed E-state index contributed by atoms with van der Waals surface area (Å²) in [6, 6.07) is 3.53. The van der Waals surface area contributed by atoms with Crippen molar-refractivity contribution >= 4 is 41.0 Å². The molecule has 1 aromatic carbocycles. The first-order valence-corrected chi connectivity index (χ1v) is 8.30. The van der Waals surface area contributed by atoms with Crippen LogP contribution in [0.5, 0.6) is 5.75 Å². The third-order valence-corrected chi connectivity index (χ3v) is 3.43. The van der Waals surface area contributed by atoms with Gasteiger partial charge in [0.1, 0.15) is 11.8 Å². The van der Waals surface area contributed by atoms with Crippen molar-refractivity contribution in [2.45, 2.75) is 26.3 Å². The second kappa shape index (κ2) is 10.1. The maximum Gasteiger partial charge on any atom is 0.326 e. The van der Waals surface area contributed by atoms with Crippen LogP contribution in [0.3, 0.4) is 0 Å². The van der Waals surface area contributed by atoms with Gasteiger partial charge >= 0.3 is 5.97 Å². The molecule has 0 fully saturated rings. The molecule has 25 heavy (non-hydrogen) atoms. The minimum absolute atomic E-state index is 0.105. The van der Waals surface area contributed by atoms with E-state index >= 15 is 0 Å². The molecule has 0 aromatic heterocycles. The van der Waals surface area contributed by atoms with Crippen molar-refractivity contribution in [2.75, 3.05) is 13.2 Å². The van der Waals surface area contributed by atoms with E-state index in [0.717, 1.165) is 0 Å². The summed E-state index contributed by atoms with van der Waals surface area (Å²) in [6.07, 6.45) is 0.299. The van der Waals surface area contributed by atoms with Crippen molar-refractivity contribution in [1.29, 1.82) is 0 Å². The number of carbonyl (C=O) groups is 3. The van der Waals surface area contributed by atoms with Gasteiger partial charge in [0.05, 0.1) is 6.54 Å². The average molecular weight is 391 g/mol. The van der Waals surface area contributed by atoms with Gasteiger partial charge in [-0.15, -0.1) is 0 Å². The summed E-state index contributed by atoms with van der Waals surface area (Å²) in [6.45, 7) is 3.02. The minimum atomic E-state index is -1.12. The quantitative estimate of drug-likeness (QED) is 0.598. The van der Waals surface area contributed by atoms with Gasteiger partial charge in [0.2, 0.25) is 5.91 Å². The van der Waals surface area contributed by atoms with Crippen LogP contribution in [-0.2, 0) is 14.4 Å². The fourth-order valence-electron chi connectivity index (χ4n) is 1.93. The Bertz CT molecular complexity index is 617. The Morgan fingerprint density at radius 1 is 1.12 bits per heavy atom. The average Bonchev–Trinajstić information content (AvgIpc) is 2.48. The van der Waals surface area contributed by atoms with Gasteiger partial charge in [-0.25, -0.2) is 4.79 Å². The lowest BCUT2D eigenvalue weighted by atomic mass is 10.0. The molecule has 0 unspecified atom stereocenters. The zero-order chi connectivity index (χ0) is 19.0. The number of halogens is 2. The van der Waals surface area contributed by atoms with Crippen molar-refractivity contribution in [3.63, 3.8) is 0 Å². The highest BCUT2D eigenvalue weighted by molar-refractivity contribution is 6.34. The number of carboxylic acid groups (broad SMARTS) is 1. The van der Waals surface area contributed by atoms with Gasteiger partial charge in [-0.3, -0.25) is 9.59 Å². The van der Waals surface area contributed by atoms with Gasteiger partial charge in [-0.05, 0) is 30.5 Å². The van der Waals surface area contributed by atoms with Crippen LogP contribution < -0.4 is 15.4 Å². The number of rotatable bonds is 9. The zero-order valence-corrected chi connectivity index (χ0v) is 15.4. The Morgan fingerprint density at radius 3 is 2.24 bits per heavy atom. The Labute approximate surface area is 155 Å². The number of ether oxygens (including phenoxy) is 1. The summed E-state index contributed by atoms with van der Waals surface area (Å²) in [5.41, 5.74) is 0. The first-order chi connectivity index (χ1) is 11.7. The summed E-state index contributed by atoms with van der Waals surface area (Å²) in [5, 5.41) is 14.5. The molecule has 2 amide bonds. The largest absolute Gasteiger partial charge is 0.484 e. The smallest absolute Gasteiger partial charge is 0.326 e. The van der Waals surface area contributed by atoms with Crippen LogP contribution in [0.4, 0.5) is 0 Å². The lowest BCUT2D eigenvalue weighted by Gasteiger charge is -2.16. The molecular weight excluding hydrogens is 371 g/mol. The Hall–Kier alpha value is -1.99. The first-order valence-electron chi connectivity index (χ1n) is 7.55. The predicted octanol–water partition coefficient (Wildman–Crippen LogP) is 2.10. The van der Waals surface area contributed by atoms with E-state index in [4.69, 9.17) is 33.0 Å². The molecule has 1 aromatic rings. The maximum absolute atomic E-state index is 11.7. The van der Waals surface area contributed by atoms with E-state index in [9.17, 15) is 14.4 Å². The molecule has 0 bridgehead atoms. The van der Waals surface area contributed by atoms with Crippen LogP contribution in [0.1, 0.15) is 20.3 Å². The predicted molar refractivity (Wildman–Crippen MR) is 94.0 cm³/mol. The number of carbonyl (C=O) groups excluding carboxylic acids is 2. The molecule has 0 aliphatic carbocycles. The summed E-state index contributed by atoms with van der Waals surface area (Å²) in [4.78, 5) is 34.5. The fourth-order valence-corrected chi connectivity index (χ4v) is 2.43. The minimum Gasteiger partial charge on any atom is -0.484 e. The van der Waals surface area contributed by atoms with Crippen LogP contribution in [0.2, 0.25) is 10.0 Å². The molecule has 0 spiro atoms. The van der Waals surface area contributed by atoms with Gasteiger partial charge in [-0.2, -0.15) is 0 Å². The van der Waals surface area contributed by atoms with Crippen molar-refractivity contribution in [3.8, 4) is 5.75 Å². The highest BCUT2D eigenvalue weighted by Gasteiger charge is 2.21. The van der Waals surface area contributed by atoms with Crippen molar-refractivity contribution in [1.82, 2.24) is 10.6 Å². The van der Waals surface area contributed by atoms with Crippen LogP contribution in [0, 0.1) is 5.92 Å². The number of nitrogens with one attached hydrogen (secondary N) is 2. The number of carboxylic acids is 1. The summed E-state index contributed by atoms with van der Waals surface area (Å²) in [5.74, 6) is -1.82. The van der Waals surface area contributed by atoms with E-state index in [0.29, 0.717) is 22.2 Å². The van der Waals surface area contributed by atoms with Crippen molar-refractivity contribution in [2.24, 2.45) is 5.92 Å². The number of amides is 2. The van der Waals surface area contributed by atoms with Gasteiger partial charge in [0, 0.05) is 10.0 Å². The third kappa shape index (κ3) is 8.60. The topological polar surface area (TPSA) is 105 Å². The Balaban J connectivity index is 2.39. The summed E-state index contributed by atoms with van der Waals surface area (Å²) < 4.78 is 5.23. The molecule has 0 radical (unpaired) electrons. The molecule has 0 saturated heterocycles. The Morgan fingerprint density at radius 2 is 1.72 bits per heavy atom. The fraction of sp³-hybridized carbons (Fsp3) is 0.438. The van der Waals surface area contributed by atoms with Gasteiger partial charge in [0.25, 0.3) is 5.91 Å². The molecule has 1 atom stereocenters. The lowest BCUT2D eigenvalue weighted by molar-refractivity contribution is -0.142. The maximum atomic E-state index is 11.7. The standard InChI is InChI=1S/C16H20Cl2N2O5/c1-9(2)3-13(16(23)24)20-14(21)7-19-15(22)8-25-12-5-10(17)4-11(18)6-12/h4-6,9,13H,3,7-8H2,1-2H3,(H,19,22)(H,20,21)(H,23,24)/t13-/m0/s1. The zero-order valence-electron chi connectivity index (χ0n) is 13.8. The summed E-state index contributed by atoms with van der Waals surface area (Å²) >= 11 is 11.6.